The van der Waals surface area contributed by atoms with Crippen molar-refractivity contribution >= 4 is 49.1 Å². The Hall–Kier alpha value is -0.740. The molecule has 0 spiro atoms. The van der Waals surface area contributed by atoms with Crippen LogP contribution in [0.1, 0.15) is 5.01 Å². The highest BCUT2D eigenvalue weighted by molar-refractivity contribution is 14.1. The standard InChI is InChI=1S/C10H10IN3O2S2/c1-7-12-13-10(17-7)14(2)18(15,16)9-5-3-4-8(11)6-9/h3-6H,1-2H3. The number of sulfonamides is 1. The minimum Gasteiger partial charge on any atom is -0.243 e. The van der Waals surface area contributed by atoms with Crippen molar-refractivity contribution in [3.63, 3.8) is 0 Å². The number of aromatic nitrogens is 2. The normalized spacial score (nSPS) is 11.5. The van der Waals surface area contributed by atoms with E-state index in [1.165, 1.54) is 18.4 Å². The molecule has 5 nitrogen and oxygen atoms in total. The maximum atomic E-state index is 12.4. The number of halogens is 1. The maximum absolute atomic E-state index is 12.4. The Kier molecular flexibility index (Phi) is 3.87. The first-order chi connectivity index (χ1) is 8.41. The average Bonchev–Trinajstić information content (AvgIpc) is 2.74. The second-order valence-corrected chi connectivity index (χ2v) is 7.91. The number of benzene rings is 1. The van der Waals surface area contributed by atoms with Crippen molar-refractivity contribution in [1.82, 2.24) is 10.2 Å². The summed E-state index contributed by atoms with van der Waals surface area (Å²) < 4.78 is 26.7. The third kappa shape index (κ3) is 2.64. The molecule has 1 aromatic heterocycles. The van der Waals surface area contributed by atoms with Gasteiger partial charge in [0.15, 0.2) is 0 Å². The van der Waals surface area contributed by atoms with E-state index in [9.17, 15) is 8.42 Å². The Morgan fingerprint density at radius 2 is 2.06 bits per heavy atom. The molecule has 0 unspecified atom stereocenters. The highest BCUT2D eigenvalue weighted by Gasteiger charge is 2.23. The summed E-state index contributed by atoms with van der Waals surface area (Å²) in [5.41, 5.74) is 0. The number of aryl methyl sites for hydroxylation is 1. The van der Waals surface area contributed by atoms with E-state index in [4.69, 9.17) is 0 Å². The first-order valence-corrected chi connectivity index (χ1v) is 8.29. The maximum Gasteiger partial charge on any atom is 0.265 e. The molecule has 0 radical (unpaired) electrons. The summed E-state index contributed by atoms with van der Waals surface area (Å²) in [7, 11) is -2.08. The molecule has 0 aliphatic heterocycles. The molecule has 0 fully saturated rings. The fraction of sp³-hybridized carbons (Fsp3) is 0.200. The topological polar surface area (TPSA) is 63.2 Å². The summed E-state index contributed by atoms with van der Waals surface area (Å²) in [4.78, 5) is 0.254. The van der Waals surface area contributed by atoms with Gasteiger partial charge in [-0.05, 0) is 47.7 Å². The minimum atomic E-state index is -3.56. The van der Waals surface area contributed by atoms with Crippen LogP contribution < -0.4 is 4.31 Å². The largest absolute Gasteiger partial charge is 0.265 e. The minimum absolute atomic E-state index is 0.254. The molecule has 18 heavy (non-hydrogen) atoms. The summed E-state index contributed by atoms with van der Waals surface area (Å²) in [6, 6.07) is 6.75. The molecular formula is C10H10IN3O2S2. The lowest BCUT2D eigenvalue weighted by Gasteiger charge is -2.15. The zero-order valence-corrected chi connectivity index (χ0v) is 13.5. The lowest BCUT2D eigenvalue weighted by molar-refractivity contribution is 0.594. The first-order valence-electron chi connectivity index (χ1n) is 4.96. The molecular weight excluding hydrogens is 385 g/mol. The third-order valence-electron chi connectivity index (χ3n) is 2.24. The van der Waals surface area contributed by atoms with E-state index in [2.05, 4.69) is 32.8 Å². The van der Waals surface area contributed by atoms with Gasteiger partial charge in [-0.3, -0.25) is 0 Å². The molecule has 0 saturated heterocycles. The van der Waals surface area contributed by atoms with E-state index in [0.717, 1.165) is 12.9 Å². The number of hydrogen-bond donors (Lipinski definition) is 0. The van der Waals surface area contributed by atoms with Crippen molar-refractivity contribution in [3.05, 3.63) is 32.8 Å². The van der Waals surface area contributed by atoms with Gasteiger partial charge in [-0.25, -0.2) is 12.7 Å². The van der Waals surface area contributed by atoms with E-state index in [1.807, 2.05) is 6.07 Å². The average molecular weight is 395 g/mol. The summed E-state index contributed by atoms with van der Waals surface area (Å²) in [5, 5.41) is 8.76. The smallest absolute Gasteiger partial charge is 0.243 e. The molecule has 1 heterocycles. The van der Waals surface area contributed by atoms with Gasteiger partial charge in [-0.15, -0.1) is 10.2 Å². The molecule has 1 aromatic carbocycles. The van der Waals surface area contributed by atoms with Crippen molar-refractivity contribution in [3.8, 4) is 0 Å². The summed E-state index contributed by atoms with van der Waals surface area (Å²) >= 11 is 3.32. The van der Waals surface area contributed by atoms with Crippen LogP contribution in [0.15, 0.2) is 29.2 Å². The fourth-order valence-corrected chi connectivity index (χ4v) is 4.10. The van der Waals surface area contributed by atoms with Gasteiger partial charge in [0.05, 0.1) is 4.90 Å². The lowest BCUT2D eigenvalue weighted by Crippen LogP contribution is -2.26. The third-order valence-corrected chi connectivity index (χ3v) is 5.68. The van der Waals surface area contributed by atoms with Crippen LogP contribution in [0.2, 0.25) is 0 Å². The fourth-order valence-electron chi connectivity index (χ4n) is 1.30. The van der Waals surface area contributed by atoms with Crippen molar-refractivity contribution in [1.29, 1.82) is 0 Å². The van der Waals surface area contributed by atoms with Gasteiger partial charge < -0.3 is 0 Å². The molecule has 0 bridgehead atoms. The predicted molar refractivity (Wildman–Crippen MR) is 79.4 cm³/mol. The monoisotopic (exact) mass is 395 g/mol. The Morgan fingerprint density at radius 1 is 1.33 bits per heavy atom. The van der Waals surface area contributed by atoms with E-state index >= 15 is 0 Å². The predicted octanol–water partition coefficient (Wildman–Crippen LogP) is 2.28. The van der Waals surface area contributed by atoms with Crippen LogP contribution >= 0.6 is 33.9 Å². The molecule has 0 aliphatic rings. The van der Waals surface area contributed by atoms with Crippen LogP contribution in [0.5, 0.6) is 0 Å². The molecule has 2 rings (SSSR count). The highest BCUT2D eigenvalue weighted by atomic mass is 127. The van der Waals surface area contributed by atoms with E-state index in [-0.39, 0.29) is 4.90 Å². The lowest BCUT2D eigenvalue weighted by atomic mass is 10.4. The molecule has 0 N–H and O–H groups in total. The molecule has 8 heteroatoms. The number of nitrogens with zero attached hydrogens (tertiary/aromatic N) is 3. The number of hydrogen-bond acceptors (Lipinski definition) is 5. The van der Waals surface area contributed by atoms with Gasteiger partial charge in [-0.2, -0.15) is 0 Å². The zero-order chi connectivity index (χ0) is 13.3. The van der Waals surface area contributed by atoms with Crippen LogP contribution in [0.3, 0.4) is 0 Å². The van der Waals surface area contributed by atoms with Crippen molar-refractivity contribution in [2.45, 2.75) is 11.8 Å². The summed E-state index contributed by atoms with van der Waals surface area (Å²) in [6.45, 7) is 1.78. The Balaban J connectivity index is 2.43. The SMILES string of the molecule is Cc1nnc(N(C)S(=O)(=O)c2cccc(I)c2)s1. The summed E-state index contributed by atoms with van der Waals surface area (Å²) in [5.74, 6) is 0. The Bertz CT molecular complexity index is 669. The van der Waals surface area contributed by atoms with Crippen LogP contribution in [-0.4, -0.2) is 25.7 Å². The van der Waals surface area contributed by atoms with Gasteiger partial charge in [0.2, 0.25) is 5.13 Å². The molecule has 0 saturated carbocycles. The second kappa shape index (κ2) is 5.10. The van der Waals surface area contributed by atoms with Gasteiger partial charge in [0.25, 0.3) is 10.0 Å². The van der Waals surface area contributed by atoms with Crippen molar-refractivity contribution in [2.75, 3.05) is 11.4 Å². The van der Waals surface area contributed by atoms with Gasteiger partial charge >= 0.3 is 0 Å². The van der Waals surface area contributed by atoms with Crippen LogP contribution in [-0.2, 0) is 10.0 Å². The van der Waals surface area contributed by atoms with E-state index < -0.39 is 10.0 Å². The van der Waals surface area contributed by atoms with Crippen LogP contribution in [0, 0.1) is 10.5 Å². The summed E-state index contributed by atoms with van der Waals surface area (Å²) in [6.07, 6.45) is 0. The Labute approximate surface area is 123 Å². The van der Waals surface area contributed by atoms with Gasteiger partial charge in [0, 0.05) is 10.6 Å². The number of anilines is 1. The molecule has 2 aromatic rings. The second-order valence-electron chi connectivity index (χ2n) is 3.53. The van der Waals surface area contributed by atoms with Crippen LogP contribution in [0.4, 0.5) is 5.13 Å². The Morgan fingerprint density at radius 3 is 2.61 bits per heavy atom. The van der Waals surface area contributed by atoms with Crippen LogP contribution in [0.25, 0.3) is 0 Å². The van der Waals surface area contributed by atoms with E-state index in [1.54, 1.807) is 25.1 Å². The molecule has 0 amide bonds. The molecule has 0 aliphatic carbocycles. The molecule has 96 valence electrons. The van der Waals surface area contributed by atoms with Crippen molar-refractivity contribution < 1.29 is 8.42 Å². The quantitative estimate of drug-likeness (QED) is 0.749. The van der Waals surface area contributed by atoms with E-state index in [0.29, 0.717) is 5.13 Å². The molecule has 0 atom stereocenters. The highest BCUT2D eigenvalue weighted by Crippen LogP contribution is 2.25. The zero-order valence-electron chi connectivity index (χ0n) is 9.66. The van der Waals surface area contributed by atoms with Crippen molar-refractivity contribution in [2.24, 2.45) is 0 Å². The van der Waals surface area contributed by atoms with Gasteiger partial charge in [-0.1, -0.05) is 17.4 Å². The first kappa shape index (κ1) is 13.7. The number of rotatable bonds is 3. The van der Waals surface area contributed by atoms with Gasteiger partial charge in [0.1, 0.15) is 5.01 Å².